The van der Waals surface area contributed by atoms with Gasteiger partial charge in [-0.1, -0.05) is 32.0 Å². The van der Waals surface area contributed by atoms with E-state index in [0.717, 1.165) is 16.5 Å². The number of fused-ring (bicyclic) bond motifs is 1. The lowest BCUT2D eigenvalue weighted by molar-refractivity contribution is 0.127. The van der Waals surface area contributed by atoms with Crippen molar-refractivity contribution in [1.29, 1.82) is 0 Å². The first kappa shape index (κ1) is 12.1. The summed E-state index contributed by atoms with van der Waals surface area (Å²) < 4.78 is 2.03. The van der Waals surface area contributed by atoms with Crippen molar-refractivity contribution in [3.63, 3.8) is 0 Å². The molecular weight excluding hydrogens is 212 g/mol. The molecule has 3 N–H and O–H groups in total. The molecule has 0 bridgehead atoms. The SMILES string of the molecule is CC(C)C(N)C(O)c1cn(C)c2ccccc12. The molecule has 2 rings (SSSR count). The standard InChI is InChI=1S/C14H20N2O/c1-9(2)13(15)14(17)11-8-16(3)12-7-5-4-6-10(11)12/h4-9,13-14,17H,15H2,1-3H3. The Morgan fingerprint density at radius 2 is 1.88 bits per heavy atom. The normalized spacial score (nSPS) is 15.4. The van der Waals surface area contributed by atoms with E-state index in [-0.39, 0.29) is 12.0 Å². The highest BCUT2D eigenvalue weighted by atomic mass is 16.3. The van der Waals surface area contributed by atoms with E-state index in [0.29, 0.717) is 0 Å². The Hall–Kier alpha value is -1.32. The van der Waals surface area contributed by atoms with Crippen LogP contribution in [-0.4, -0.2) is 15.7 Å². The van der Waals surface area contributed by atoms with Crippen LogP contribution in [0.2, 0.25) is 0 Å². The first-order valence-corrected chi connectivity index (χ1v) is 6.00. The summed E-state index contributed by atoms with van der Waals surface area (Å²) in [7, 11) is 1.99. The zero-order chi connectivity index (χ0) is 12.6. The van der Waals surface area contributed by atoms with Gasteiger partial charge in [0.1, 0.15) is 0 Å². The van der Waals surface area contributed by atoms with Crippen molar-refractivity contribution in [1.82, 2.24) is 4.57 Å². The average Bonchev–Trinajstić information content (AvgIpc) is 2.65. The number of aliphatic hydroxyl groups excluding tert-OH is 1. The number of hydrogen-bond acceptors (Lipinski definition) is 2. The third-order valence-corrected chi connectivity index (χ3v) is 3.38. The molecule has 0 aliphatic heterocycles. The summed E-state index contributed by atoms with van der Waals surface area (Å²) >= 11 is 0. The number of aromatic nitrogens is 1. The zero-order valence-corrected chi connectivity index (χ0v) is 10.6. The largest absolute Gasteiger partial charge is 0.387 e. The van der Waals surface area contributed by atoms with Gasteiger partial charge < -0.3 is 15.4 Å². The van der Waals surface area contributed by atoms with Crippen LogP contribution in [0.4, 0.5) is 0 Å². The molecule has 3 heteroatoms. The van der Waals surface area contributed by atoms with Crippen molar-refractivity contribution in [2.75, 3.05) is 0 Å². The minimum atomic E-state index is -0.610. The molecule has 1 aromatic carbocycles. The van der Waals surface area contributed by atoms with Gasteiger partial charge in [-0.25, -0.2) is 0 Å². The summed E-state index contributed by atoms with van der Waals surface area (Å²) in [5, 5.41) is 11.4. The van der Waals surface area contributed by atoms with E-state index in [1.54, 1.807) is 0 Å². The molecule has 92 valence electrons. The smallest absolute Gasteiger partial charge is 0.0963 e. The van der Waals surface area contributed by atoms with Crippen LogP contribution in [-0.2, 0) is 7.05 Å². The Labute approximate surface area is 102 Å². The Morgan fingerprint density at radius 3 is 2.53 bits per heavy atom. The number of nitrogens with zero attached hydrogens (tertiary/aromatic N) is 1. The van der Waals surface area contributed by atoms with Gasteiger partial charge in [0.15, 0.2) is 0 Å². The fourth-order valence-corrected chi connectivity index (χ4v) is 2.18. The first-order chi connectivity index (χ1) is 8.02. The molecule has 0 amide bonds. The molecule has 0 aliphatic rings. The van der Waals surface area contributed by atoms with Crippen LogP contribution in [0.15, 0.2) is 30.5 Å². The number of rotatable bonds is 3. The van der Waals surface area contributed by atoms with Crippen LogP contribution in [0.1, 0.15) is 25.5 Å². The van der Waals surface area contributed by atoms with E-state index in [9.17, 15) is 5.11 Å². The summed E-state index contributed by atoms with van der Waals surface area (Å²) in [6.45, 7) is 4.05. The summed E-state index contributed by atoms with van der Waals surface area (Å²) in [6, 6.07) is 7.83. The van der Waals surface area contributed by atoms with Gasteiger partial charge >= 0.3 is 0 Å². The van der Waals surface area contributed by atoms with Crippen LogP contribution in [0.5, 0.6) is 0 Å². The van der Waals surface area contributed by atoms with Gasteiger partial charge in [0, 0.05) is 35.8 Å². The third kappa shape index (κ3) is 2.08. The van der Waals surface area contributed by atoms with Crippen molar-refractivity contribution in [3.05, 3.63) is 36.0 Å². The van der Waals surface area contributed by atoms with Crippen molar-refractivity contribution in [2.24, 2.45) is 18.7 Å². The van der Waals surface area contributed by atoms with Gasteiger partial charge in [-0.15, -0.1) is 0 Å². The molecule has 0 spiro atoms. The van der Waals surface area contributed by atoms with Crippen molar-refractivity contribution in [3.8, 4) is 0 Å². The highest BCUT2D eigenvalue weighted by Gasteiger charge is 2.23. The Bertz CT molecular complexity index is 516. The Kier molecular flexibility index (Phi) is 3.22. The van der Waals surface area contributed by atoms with E-state index in [1.165, 1.54) is 0 Å². The fourth-order valence-electron chi connectivity index (χ4n) is 2.18. The molecule has 0 aliphatic carbocycles. The second-order valence-corrected chi connectivity index (χ2v) is 4.98. The van der Waals surface area contributed by atoms with Crippen LogP contribution >= 0.6 is 0 Å². The molecule has 0 saturated carbocycles. The van der Waals surface area contributed by atoms with E-state index < -0.39 is 6.10 Å². The molecule has 0 fully saturated rings. The number of aryl methyl sites for hydroxylation is 1. The second kappa shape index (κ2) is 4.51. The maximum Gasteiger partial charge on any atom is 0.0963 e. The molecule has 2 atom stereocenters. The van der Waals surface area contributed by atoms with E-state index in [1.807, 2.05) is 55.9 Å². The van der Waals surface area contributed by atoms with Crippen molar-refractivity contribution in [2.45, 2.75) is 26.0 Å². The lowest BCUT2D eigenvalue weighted by Gasteiger charge is -2.21. The van der Waals surface area contributed by atoms with Gasteiger partial charge in [0.25, 0.3) is 0 Å². The van der Waals surface area contributed by atoms with Gasteiger partial charge in [0.2, 0.25) is 0 Å². The topological polar surface area (TPSA) is 51.2 Å². The van der Waals surface area contributed by atoms with E-state index in [2.05, 4.69) is 0 Å². The Morgan fingerprint density at radius 1 is 1.24 bits per heavy atom. The van der Waals surface area contributed by atoms with Gasteiger partial charge in [0.05, 0.1) is 6.10 Å². The predicted molar refractivity (Wildman–Crippen MR) is 70.7 cm³/mol. The van der Waals surface area contributed by atoms with Crippen LogP contribution in [0, 0.1) is 5.92 Å². The number of para-hydroxylation sites is 1. The maximum atomic E-state index is 10.3. The molecule has 3 nitrogen and oxygen atoms in total. The molecule has 1 aromatic heterocycles. The molecule has 0 radical (unpaired) electrons. The van der Waals surface area contributed by atoms with Crippen LogP contribution in [0.25, 0.3) is 10.9 Å². The van der Waals surface area contributed by atoms with Crippen molar-refractivity contribution < 1.29 is 5.11 Å². The van der Waals surface area contributed by atoms with E-state index in [4.69, 9.17) is 5.73 Å². The monoisotopic (exact) mass is 232 g/mol. The number of hydrogen-bond donors (Lipinski definition) is 2. The van der Waals surface area contributed by atoms with Gasteiger partial charge in [-0.05, 0) is 12.0 Å². The number of aliphatic hydroxyl groups is 1. The zero-order valence-electron chi connectivity index (χ0n) is 10.6. The van der Waals surface area contributed by atoms with Crippen LogP contribution < -0.4 is 5.73 Å². The maximum absolute atomic E-state index is 10.3. The van der Waals surface area contributed by atoms with Gasteiger partial charge in [-0.2, -0.15) is 0 Å². The lowest BCUT2D eigenvalue weighted by Crippen LogP contribution is -2.33. The average molecular weight is 232 g/mol. The number of benzene rings is 1. The lowest BCUT2D eigenvalue weighted by atomic mass is 9.94. The van der Waals surface area contributed by atoms with E-state index >= 15 is 0 Å². The van der Waals surface area contributed by atoms with Crippen molar-refractivity contribution >= 4 is 10.9 Å². The molecule has 2 aromatic rings. The minimum absolute atomic E-state index is 0.235. The third-order valence-electron chi connectivity index (χ3n) is 3.38. The number of nitrogens with two attached hydrogens (primary N) is 1. The first-order valence-electron chi connectivity index (χ1n) is 6.00. The summed E-state index contributed by atoms with van der Waals surface area (Å²) in [5.41, 5.74) is 8.08. The minimum Gasteiger partial charge on any atom is -0.387 e. The molecule has 0 saturated heterocycles. The molecular formula is C14H20N2O. The van der Waals surface area contributed by atoms with Gasteiger partial charge in [-0.3, -0.25) is 0 Å². The second-order valence-electron chi connectivity index (χ2n) is 4.98. The van der Waals surface area contributed by atoms with Crippen LogP contribution in [0.3, 0.4) is 0 Å². The fraction of sp³-hybridized carbons (Fsp3) is 0.429. The summed E-state index contributed by atoms with van der Waals surface area (Å²) in [5.74, 6) is 0.254. The summed E-state index contributed by atoms with van der Waals surface area (Å²) in [4.78, 5) is 0. The molecule has 1 heterocycles. The predicted octanol–water partition coefficient (Wildman–Crippen LogP) is 2.19. The molecule has 17 heavy (non-hydrogen) atoms. The quantitative estimate of drug-likeness (QED) is 0.852. The highest BCUT2D eigenvalue weighted by molar-refractivity contribution is 5.84. The highest BCUT2D eigenvalue weighted by Crippen LogP contribution is 2.28. The Balaban J connectivity index is 2.49. The summed E-state index contributed by atoms with van der Waals surface area (Å²) in [6.07, 6.45) is 1.36. The molecule has 2 unspecified atom stereocenters.